The van der Waals surface area contributed by atoms with Crippen molar-refractivity contribution in [3.05, 3.63) is 0 Å². The first-order valence-electron chi connectivity index (χ1n) is 2.82. The highest BCUT2D eigenvalue weighted by molar-refractivity contribution is 6.46. The molecular weight excluding hydrogens is 97.7 g/mol. The van der Waals surface area contributed by atoms with E-state index in [1.54, 1.807) is 0 Å². The second-order valence-electron chi connectivity index (χ2n) is 3.49. The van der Waals surface area contributed by atoms with E-state index in [9.17, 15) is 0 Å². The Morgan fingerprint density at radius 2 is 1.00 bits per heavy atom. The summed E-state index contributed by atoms with van der Waals surface area (Å²) < 4.78 is 1.88. The number of rotatable bonds is 0. The van der Waals surface area contributed by atoms with Gasteiger partial charge in [0.15, 0.2) is 0 Å². The molecule has 0 unspecified atom stereocenters. The van der Waals surface area contributed by atoms with Crippen molar-refractivity contribution < 1.29 is 8.61 Å². The molecule has 0 amide bonds. The molecule has 2 nitrogen and oxygen atoms in total. The van der Waals surface area contributed by atoms with Gasteiger partial charge in [0.2, 0.25) is 15.1 Å². The molecule has 1 fully saturated rings. The van der Waals surface area contributed by atoms with Crippen molar-refractivity contribution in [3.63, 3.8) is 0 Å². The summed E-state index contributed by atoms with van der Waals surface area (Å²) in [6, 6.07) is 0. The Morgan fingerprint density at radius 3 is 1.00 bits per heavy atom. The van der Waals surface area contributed by atoms with Crippen molar-refractivity contribution in [2.24, 2.45) is 0 Å². The van der Waals surface area contributed by atoms with Crippen molar-refractivity contribution in [1.29, 1.82) is 0 Å². The Morgan fingerprint density at radius 1 is 0.750 bits per heavy atom. The second kappa shape index (κ2) is 1.31. The zero-order valence-electron chi connectivity index (χ0n) is 6.05. The monoisotopic (exact) mass is 110 g/mol. The van der Waals surface area contributed by atoms with Crippen molar-refractivity contribution >= 4 is 15.1 Å². The molecule has 0 aromatic rings. The highest BCUT2D eigenvalue weighted by Gasteiger charge is 2.22. The van der Waals surface area contributed by atoms with E-state index < -0.39 is 0 Å². The van der Waals surface area contributed by atoms with Crippen LogP contribution in [0.5, 0.6) is 0 Å². The van der Waals surface area contributed by atoms with Gasteiger partial charge in [-0.25, -0.2) is 0 Å². The van der Waals surface area contributed by atoms with E-state index in [0.717, 1.165) is 8.61 Å². The van der Waals surface area contributed by atoms with Crippen LogP contribution in [-0.2, 0) is 0 Å². The number of hydrogen-bond donors (Lipinski definition) is 0. The van der Waals surface area contributed by atoms with Gasteiger partial charge in [0.1, 0.15) is 0 Å². The SMILES string of the molecule is C[N+]1(C)[B-][N+](C)(C)[B-]1. The fourth-order valence-corrected chi connectivity index (χ4v) is 1.52. The van der Waals surface area contributed by atoms with Gasteiger partial charge >= 0.3 is 0 Å². The molecule has 4 heteroatoms. The van der Waals surface area contributed by atoms with Gasteiger partial charge in [-0.1, -0.05) is 0 Å². The molecule has 0 saturated carbocycles. The van der Waals surface area contributed by atoms with Gasteiger partial charge in [-0.05, 0) is 28.2 Å². The van der Waals surface area contributed by atoms with Gasteiger partial charge in [0, 0.05) is 0 Å². The van der Waals surface area contributed by atoms with E-state index in [1.807, 2.05) is 0 Å². The molecule has 4 radical (unpaired) electrons. The highest BCUT2D eigenvalue weighted by Crippen LogP contribution is 2.12. The van der Waals surface area contributed by atoms with Crippen LogP contribution < -0.4 is 0 Å². The lowest BCUT2D eigenvalue weighted by molar-refractivity contribution is -0.890. The first-order valence-corrected chi connectivity index (χ1v) is 2.82. The van der Waals surface area contributed by atoms with Gasteiger partial charge in [-0.3, -0.25) is 0 Å². The molecule has 0 atom stereocenters. The largest absolute Gasteiger partial charge is 0.707 e. The summed E-state index contributed by atoms with van der Waals surface area (Å²) in [5.41, 5.74) is 0. The molecule has 0 N–H and O–H groups in total. The van der Waals surface area contributed by atoms with Crippen LogP contribution in [0.2, 0.25) is 0 Å². The van der Waals surface area contributed by atoms with E-state index in [1.165, 1.54) is 0 Å². The van der Waals surface area contributed by atoms with Gasteiger partial charge in [-0.15, -0.1) is 0 Å². The summed E-state index contributed by atoms with van der Waals surface area (Å²) in [5, 5.41) is 0. The average molecular weight is 110 g/mol. The topological polar surface area (TPSA) is 0 Å². The van der Waals surface area contributed by atoms with Crippen molar-refractivity contribution in [2.75, 3.05) is 28.2 Å². The molecule has 1 saturated heterocycles. The molecule has 1 rings (SSSR count). The maximum atomic E-state index is 2.25. The molecule has 0 aromatic carbocycles. The molecule has 1 heterocycles. The van der Waals surface area contributed by atoms with Crippen LogP contribution >= 0.6 is 0 Å². The summed E-state index contributed by atoms with van der Waals surface area (Å²) in [5.74, 6) is 0. The first-order chi connectivity index (χ1) is 3.41. The van der Waals surface area contributed by atoms with Crippen LogP contribution in [0, 0.1) is 0 Å². The minimum atomic E-state index is 0.938. The minimum Gasteiger partial charge on any atom is -0.707 e. The highest BCUT2D eigenvalue weighted by atomic mass is 15.5. The van der Waals surface area contributed by atoms with Crippen molar-refractivity contribution in [2.45, 2.75) is 0 Å². The average Bonchev–Trinajstić information content (AvgIpc) is 1.20. The Hall–Kier alpha value is 0.0499. The molecule has 1 aliphatic heterocycles. The minimum absolute atomic E-state index is 0.938. The lowest BCUT2D eigenvalue weighted by atomic mass is 9.67. The van der Waals surface area contributed by atoms with Crippen LogP contribution in [0.1, 0.15) is 0 Å². The predicted molar refractivity (Wildman–Crippen MR) is 35.7 cm³/mol. The van der Waals surface area contributed by atoms with Crippen LogP contribution in [-0.4, -0.2) is 51.9 Å². The Balaban J connectivity index is 2.42. The smallest absolute Gasteiger partial charge is 0.247 e. The molecule has 0 bridgehead atoms. The maximum Gasteiger partial charge on any atom is 0.247 e. The fourth-order valence-electron chi connectivity index (χ4n) is 1.52. The molecule has 0 spiro atoms. The number of hydrogen-bond acceptors (Lipinski definition) is 0. The van der Waals surface area contributed by atoms with Crippen molar-refractivity contribution in [1.82, 2.24) is 0 Å². The van der Waals surface area contributed by atoms with E-state index in [-0.39, 0.29) is 0 Å². The summed E-state index contributed by atoms with van der Waals surface area (Å²) >= 11 is 0. The fraction of sp³-hybridized carbons (Fsp3) is 1.00. The Bertz CT molecular complexity index is 88.6. The summed E-state index contributed by atoms with van der Waals surface area (Å²) in [7, 11) is 13.1. The standard InChI is InChI=1S/C4H12B2N2/c1-7(2)5-8(3,4)6-7/h1-4H3. The third-order valence-corrected chi connectivity index (χ3v) is 1.19. The third-order valence-electron chi connectivity index (χ3n) is 1.19. The number of nitrogens with zero attached hydrogens (tertiary/aromatic N) is 2. The van der Waals surface area contributed by atoms with E-state index in [4.69, 9.17) is 0 Å². The van der Waals surface area contributed by atoms with Crippen LogP contribution in [0.4, 0.5) is 0 Å². The molecule has 0 aliphatic carbocycles. The van der Waals surface area contributed by atoms with Crippen LogP contribution in [0.25, 0.3) is 0 Å². The van der Waals surface area contributed by atoms with Crippen molar-refractivity contribution in [3.8, 4) is 0 Å². The molecule has 44 valence electrons. The molecular formula is C4H12B2N2. The van der Waals surface area contributed by atoms with Gasteiger partial charge in [0.25, 0.3) is 0 Å². The number of quaternary nitrogens is 2. The molecule has 8 heavy (non-hydrogen) atoms. The summed E-state index contributed by atoms with van der Waals surface area (Å²) in [6.07, 6.45) is 0. The van der Waals surface area contributed by atoms with E-state index >= 15 is 0 Å². The zero-order valence-corrected chi connectivity index (χ0v) is 6.05. The van der Waals surface area contributed by atoms with Crippen LogP contribution in [0.15, 0.2) is 0 Å². The van der Waals surface area contributed by atoms with Crippen LogP contribution in [0.3, 0.4) is 0 Å². The normalized spacial score (nSPS) is 31.5. The zero-order chi connectivity index (χ0) is 6.41. The van der Waals surface area contributed by atoms with E-state index in [2.05, 4.69) is 43.3 Å². The lowest BCUT2D eigenvalue weighted by Gasteiger charge is -2.76. The summed E-state index contributed by atoms with van der Waals surface area (Å²) in [4.78, 5) is 0. The summed E-state index contributed by atoms with van der Waals surface area (Å²) in [6.45, 7) is 0. The first kappa shape index (κ1) is 6.17. The maximum absolute atomic E-state index is 2.25. The second-order valence-corrected chi connectivity index (χ2v) is 3.49. The van der Waals surface area contributed by atoms with E-state index in [0.29, 0.717) is 0 Å². The van der Waals surface area contributed by atoms with Gasteiger partial charge in [-0.2, -0.15) is 0 Å². The third kappa shape index (κ3) is 1.06. The molecule has 1 aliphatic rings. The predicted octanol–water partition coefficient (Wildman–Crippen LogP) is -0.779. The van der Waals surface area contributed by atoms with Gasteiger partial charge in [0.05, 0.1) is 0 Å². The van der Waals surface area contributed by atoms with Gasteiger partial charge < -0.3 is 8.61 Å². The Labute approximate surface area is 52.8 Å². The quantitative estimate of drug-likeness (QED) is 0.359. The molecule has 0 aromatic heterocycles. The Kier molecular flexibility index (Phi) is 1.01. The lowest BCUT2D eigenvalue weighted by Crippen LogP contribution is -2.78.